The number of aryl methyl sites for hydroxylation is 1. The number of amides is 1. The molecule has 1 saturated heterocycles. The first kappa shape index (κ1) is 21.6. The molecule has 0 N–H and O–H groups in total. The van der Waals surface area contributed by atoms with Crippen molar-refractivity contribution in [2.45, 2.75) is 69.3 Å². The zero-order valence-electron chi connectivity index (χ0n) is 18.4. The minimum atomic E-state index is -3.56. The largest absolute Gasteiger partial charge is 0.337 e. The summed E-state index contributed by atoms with van der Waals surface area (Å²) in [6, 6.07) is 15.4. The van der Waals surface area contributed by atoms with E-state index in [0.29, 0.717) is 5.39 Å². The van der Waals surface area contributed by atoms with Crippen molar-refractivity contribution < 1.29 is 13.2 Å². The van der Waals surface area contributed by atoms with Crippen LogP contribution in [0.15, 0.2) is 59.6 Å². The topological polar surface area (TPSA) is 59.4 Å². The molecule has 1 amide bonds. The molecular formula is C25H30N2O3S. The van der Waals surface area contributed by atoms with Gasteiger partial charge in [0.05, 0.1) is 10.6 Å². The van der Waals surface area contributed by atoms with Crippen LogP contribution in [-0.4, -0.2) is 35.9 Å². The lowest BCUT2D eigenvalue weighted by Gasteiger charge is -2.39. The molecule has 4 rings (SSSR count). The van der Waals surface area contributed by atoms with Crippen molar-refractivity contribution in [2.75, 3.05) is 0 Å². The summed E-state index contributed by atoms with van der Waals surface area (Å²) in [4.78, 5) is 15.4. The third-order valence-corrected chi connectivity index (χ3v) is 8.06. The zero-order valence-corrected chi connectivity index (χ0v) is 19.2. The maximum atomic E-state index is 13.3. The molecule has 2 aromatic carbocycles. The quantitative estimate of drug-likeness (QED) is 0.579. The molecule has 2 heterocycles. The van der Waals surface area contributed by atoms with Crippen molar-refractivity contribution >= 4 is 26.6 Å². The van der Waals surface area contributed by atoms with Crippen molar-refractivity contribution in [3.8, 4) is 0 Å². The Kier molecular flexibility index (Phi) is 5.93. The smallest absolute Gasteiger partial charge is 0.242 e. The fourth-order valence-corrected chi connectivity index (χ4v) is 6.30. The second-order valence-electron chi connectivity index (χ2n) is 8.81. The first-order chi connectivity index (χ1) is 14.8. The van der Waals surface area contributed by atoms with E-state index < -0.39 is 9.84 Å². The Morgan fingerprint density at radius 3 is 2.32 bits per heavy atom. The Labute approximate surface area is 184 Å². The predicted octanol–water partition coefficient (Wildman–Crippen LogP) is 4.71. The van der Waals surface area contributed by atoms with Gasteiger partial charge in [-0.15, -0.1) is 0 Å². The molecule has 6 heteroatoms. The molecular weight excluding hydrogens is 408 g/mol. The average Bonchev–Trinajstić information content (AvgIpc) is 3.09. The molecule has 0 saturated carbocycles. The normalized spacial score (nSPS) is 19.6. The Morgan fingerprint density at radius 1 is 1.00 bits per heavy atom. The van der Waals surface area contributed by atoms with Gasteiger partial charge in [0.1, 0.15) is 6.54 Å². The molecule has 2 atom stereocenters. The molecule has 5 nitrogen and oxygen atoms in total. The number of piperidine rings is 1. The number of likely N-dealkylation sites (tertiary alicyclic amines) is 1. The molecule has 1 aromatic heterocycles. The summed E-state index contributed by atoms with van der Waals surface area (Å²) in [7, 11) is -3.56. The highest BCUT2D eigenvalue weighted by Crippen LogP contribution is 2.29. The van der Waals surface area contributed by atoms with Crippen molar-refractivity contribution in [3.05, 3.63) is 65.9 Å². The highest BCUT2D eigenvalue weighted by atomic mass is 32.2. The van der Waals surface area contributed by atoms with Gasteiger partial charge >= 0.3 is 0 Å². The lowest BCUT2D eigenvalue weighted by atomic mass is 9.97. The third kappa shape index (κ3) is 4.40. The summed E-state index contributed by atoms with van der Waals surface area (Å²) in [5.41, 5.74) is 2.63. The highest BCUT2D eigenvalue weighted by molar-refractivity contribution is 7.90. The first-order valence-electron chi connectivity index (χ1n) is 10.9. The molecule has 31 heavy (non-hydrogen) atoms. The molecule has 0 aliphatic carbocycles. The molecule has 1 aliphatic rings. The number of benzene rings is 2. The number of carbonyl (C=O) groups is 1. The third-order valence-electron chi connectivity index (χ3n) is 6.35. The van der Waals surface area contributed by atoms with Crippen LogP contribution in [0.2, 0.25) is 0 Å². The van der Waals surface area contributed by atoms with Crippen LogP contribution in [0.3, 0.4) is 0 Å². The fraction of sp³-hybridized carbons (Fsp3) is 0.400. The molecule has 1 aliphatic heterocycles. The number of sulfone groups is 1. The second kappa shape index (κ2) is 8.50. The number of rotatable bonds is 5. The van der Waals surface area contributed by atoms with E-state index >= 15 is 0 Å². The van der Waals surface area contributed by atoms with E-state index in [2.05, 4.69) is 13.8 Å². The summed E-state index contributed by atoms with van der Waals surface area (Å²) < 4.78 is 28.4. The number of hydrogen-bond acceptors (Lipinski definition) is 3. The zero-order chi connectivity index (χ0) is 22.2. The van der Waals surface area contributed by atoms with Crippen LogP contribution >= 0.6 is 0 Å². The van der Waals surface area contributed by atoms with Crippen LogP contribution in [0.25, 0.3) is 10.9 Å². The first-order valence-corrected chi connectivity index (χ1v) is 12.6. The summed E-state index contributed by atoms with van der Waals surface area (Å²) >= 11 is 0. The fourth-order valence-electron chi connectivity index (χ4n) is 4.71. The molecule has 3 aromatic rings. The number of hydrogen-bond donors (Lipinski definition) is 0. The van der Waals surface area contributed by atoms with Gasteiger partial charge in [-0.3, -0.25) is 4.79 Å². The van der Waals surface area contributed by atoms with Crippen molar-refractivity contribution in [2.24, 2.45) is 0 Å². The lowest BCUT2D eigenvalue weighted by molar-refractivity contribution is -0.137. The summed E-state index contributed by atoms with van der Waals surface area (Å²) in [6.07, 6.45) is 4.81. The molecule has 0 spiro atoms. The predicted molar refractivity (Wildman–Crippen MR) is 124 cm³/mol. The number of para-hydroxylation sites is 1. The van der Waals surface area contributed by atoms with Crippen LogP contribution in [0.1, 0.15) is 44.2 Å². The standard InChI is InChI=1S/C25H30N2O3S/c1-18-11-13-21(14-12-18)17-31(29,30)24-15-26(23-10-5-4-9-22(23)24)16-25(28)27-19(2)7-6-8-20(27)3/h4-5,9-15,19-20H,6-8,16-17H2,1-3H3. The average molecular weight is 439 g/mol. The monoisotopic (exact) mass is 438 g/mol. The molecule has 2 unspecified atom stereocenters. The van der Waals surface area contributed by atoms with Gasteiger partial charge in [0.15, 0.2) is 9.84 Å². The Balaban J connectivity index is 1.67. The van der Waals surface area contributed by atoms with Crippen molar-refractivity contribution in [3.63, 3.8) is 0 Å². The second-order valence-corrected chi connectivity index (χ2v) is 10.8. The van der Waals surface area contributed by atoms with Crippen LogP contribution in [0, 0.1) is 6.92 Å². The molecule has 1 fully saturated rings. The van der Waals surface area contributed by atoms with Gasteiger partial charge in [0, 0.05) is 29.2 Å². The summed E-state index contributed by atoms with van der Waals surface area (Å²) in [5, 5.41) is 0.669. The highest BCUT2D eigenvalue weighted by Gasteiger charge is 2.30. The van der Waals surface area contributed by atoms with E-state index in [9.17, 15) is 13.2 Å². The van der Waals surface area contributed by atoms with E-state index in [1.54, 1.807) is 10.8 Å². The van der Waals surface area contributed by atoms with E-state index in [1.807, 2.05) is 60.4 Å². The van der Waals surface area contributed by atoms with E-state index in [0.717, 1.165) is 35.9 Å². The Bertz CT molecular complexity index is 1190. The Morgan fingerprint density at radius 2 is 1.65 bits per heavy atom. The number of fused-ring (bicyclic) bond motifs is 1. The van der Waals surface area contributed by atoms with Crippen LogP contribution < -0.4 is 0 Å². The maximum absolute atomic E-state index is 13.3. The van der Waals surface area contributed by atoms with Gasteiger partial charge < -0.3 is 9.47 Å². The maximum Gasteiger partial charge on any atom is 0.242 e. The Hall–Kier alpha value is -2.60. The number of nitrogens with zero attached hydrogens (tertiary/aromatic N) is 2. The van der Waals surface area contributed by atoms with E-state index in [-0.39, 0.29) is 35.2 Å². The SMILES string of the molecule is Cc1ccc(CS(=O)(=O)c2cn(CC(=O)N3C(C)CCCC3C)c3ccccc23)cc1. The molecule has 0 radical (unpaired) electrons. The summed E-state index contributed by atoms with van der Waals surface area (Å²) in [6.45, 7) is 6.32. The molecule has 164 valence electrons. The van der Waals surface area contributed by atoms with Crippen molar-refractivity contribution in [1.82, 2.24) is 9.47 Å². The van der Waals surface area contributed by atoms with Crippen LogP contribution in [0.5, 0.6) is 0 Å². The van der Waals surface area contributed by atoms with Crippen LogP contribution in [-0.2, 0) is 26.9 Å². The minimum absolute atomic E-state index is 0.0444. The van der Waals surface area contributed by atoms with Crippen molar-refractivity contribution in [1.29, 1.82) is 0 Å². The van der Waals surface area contributed by atoms with Gasteiger partial charge in [0.25, 0.3) is 0 Å². The van der Waals surface area contributed by atoms with Gasteiger partial charge in [-0.1, -0.05) is 48.0 Å². The van der Waals surface area contributed by atoms with Gasteiger partial charge in [-0.05, 0) is 51.7 Å². The molecule has 0 bridgehead atoms. The number of carbonyl (C=O) groups excluding carboxylic acids is 1. The minimum Gasteiger partial charge on any atom is -0.337 e. The van der Waals surface area contributed by atoms with Gasteiger partial charge in [-0.2, -0.15) is 0 Å². The lowest BCUT2D eigenvalue weighted by Crippen LogP contribution is -2.48. The van der Waals surface area contributed by atoms with Gasteiger partial charge in [0.2, 0.25) is 5.91 Å². The summed E-state index contributed by atoms with van der Waals surface area (Å²) in [5.74, 6) is -0.0157. The van der Waals surface area contributed by atoms with E-state index in [4.69, 9.17) is 0 Å². The van der Waals surface area contributed by atoms with Gasteiger partial charge in [-0.25, -0.2) is 8.42 Å². The number of aromatic nitrogens is 1. The van der Waals surface area contributed by atoms with Crippen LogP contribution in [0.4, 0.5) is 0 Å². The van der Waals surface area contributed by atoms with E-state index in [1.165, 1.54) is 0 Å².